The summed E-state index contributed by atoms with van der Waals surface area (Å²) in [7, 11) is 0. The minimum atomic E-state index is 0.106. The van der Waals surface area contributed by atoms with Gasteiger partial charge in [0.15, 0.2) is 11.5 Å². The molecule has 39 heavy (non-hydrogen) atoms. The van der Waals surface area contributed by atoms with E-state index in [2.05, 4.69) is 59.5 Å². The second kappa shape index (κ2) is 11.3. The molecule has 2 fully saturated rings. The van der Waals surface area contributed by atoms with Crippen LogP contribution >= 0.6 is 0 Å². The summed E-state index contributed by atoms with van der Waals surface area (Å²) in [4.78, 5) is 17.5. The Morgan fingerprint density at radius 2 is 1.46 bits per heavy atom. The fourth-order valence-electron chi connectivity index (χ4n) is 6.68. The van der Waals surface area contributed by atoms with Crippen LogP contribution in [-0.2, 0) is 6.42 Å². The number of carbonyl (C=O) groups is 1. The van der Waals surface area contributed by atoms with Crippen LogP contribution in [0.5, 0.6) is 11.5 Å². The van der Waals surface area contributed by atoms with Gasteiger partial charge in [0.1, 0.15) is 0 Å². The quantitative estimate of drug-likeness (QED) is 0.336. The van der Waals surface area contributed by atoms with E-state index in [0.29, 0.717) is 18.9 Å². The van der Waals surface area contributed by atoms with E-state index in [1.807, 2.05) is 36.9 Å². The highest BCUT2D eigenvalue weighted by Gasteiger charge is 2.39. The largest absolute Gasteiger partial charge is 0.454 e. The Morgan fingerprint density at radius 1 is 0.821 bits per heavy atom. The van der Waals surface area contributed by atoms with Crippen molar-refractivity contribution in [3.63, 3.8) is 0 Å². The van der Waals surface area contributed by atoms with Crippen molar-refractivity contribution in [1.29, 1.82) is 0 Å². The Balaban J connectivity index is 1.24. The van der Waals surface area contributed by atoms with Gasteiger partial charge in [-0.15, -0.1) is 0 Å². The minimum Gasteiger partial charge on any atom is -0.454 e. The standard InChI is InChI=1S/C34H38N2O3/c1-3-35(4-2)34(37)27-13-11-26(12-14-27)33(25-8-6-5-7-9-25)28-21-29-15-16-30(22-28)36(29)19-18-24-10-17-31-32(20-24)39-23-38-31/h5-14,17,20,29-30H,3-4,15-16,18-19,21-23H2,1-2H3. The first-order valence-electron chi connectivity index (χ1n) is 14.5. The van der Waals surface area contributed by atoms with Crippen LogP contribution in [0.15, 0.2) is 78.4 Å². The van der Waals surface area contributed by atoms with Crippen molar-refractivity contribution in [3.05, 3.63) is 101 Å². The van der Waals surface area contributed by atoms with Gasteiger partial charge in [0.05, 0.1) is 0 Å². The first-order valence-corrected chi connectivity index (χ1v) is 14.5. The number of ether oxygens (including phenoxy) is 2. The van der Waals surface area contributed by atoms with Gasteiger partial charge in [-0.3, -0.25) is 9.69 Å². The first kappa shape index (κ1) is 25.7. The molecular weight excluding hydrogens is 484 g/mol. The molecule has 3 heterocycles. The topological polar surface area (TPSA) is 42.0 Å². The highest BCUT2D eigenvalue weighted by molar-refractivity contribution is 5.95. The number of nitrogens with zero attached hydrogens (tertiary/aromatic N) is 2. The molecule has 0 aliphatic carbocycles. The predicted molar refractivity (Wildman–Crippen MR) is 155 cm³/mol. The van der Waals surface area contributed by atoms with Gasteiger partial charge in [-0.25, -0.2) is 0 Å². The van der Waals surface area contributed by atoms with Gasteiger partial charge in [-0.05, 0) is 92.5 Å². The molecule has 2 saturated heterocycles. The van der Waals surface area contributed by atoms with E-state index >= 15 is 0 Å². The molecule has 2 unspecified atom stereocenters. The Hall–Kier alpha value is -3.57. The van der Waals surface area contributed by atoms with Gasteiger partial charge >= 0.3 is 0 Å². The molecule has 0 spiro atoms. The lowest BCUT2D eigenvalue weighted by Crippen LogP contribution is -2.41. The molecule has 0 saturated carbocycles. The molecule has 2 atom stereocenters. The van der Waals surface area contributed by atoms with Crippen LogP contribution in [0, 0.1) is 0 Å². The van der Waals surface area contributed by atoms with Crippen molar-refractivity contribution in [2.75, 3.05) is 26.4 Å². The zero-order valence-electron chi connectivity index (χ0n) is 23.1. The maximum Gasteiger partial charge on any atom is 0.253 e. The molecule has 202 valence electrons. The third kappa shape index (κ3) is 5.20. The third-order valence-electron chi connectivity index (χ3n) is 8.72. The predicted octanol–water partition coefficient (Wildman–Crippen LogP) is 6.57. The van der Waals surface area contributed by atoms with E-state index in [-0.39, 0.29) is 5.91 Å². The molecule has 3 aliphatic heterocycles. The van der Waals surface area contributed by atoms with Crippen LogP contribution in [0.4, 0.5) is 0 Å². The summed E-state index contributed by atoms with van der Waals surface area (Å²) in [6.07, 6.45) is 5.74. The molecule has 2 bridgehead atoms. The van der Waals surface area contributed by atoms with Crippen molar-refractivity contribution in [1.82, 2.24) is 9.80 Å². The monoisotopic (exact) mass is 522 g/mol. The van der Waals surface area contributed by atoms with Crippen LogP contribution in [0.2, 0.25) is 0 Å². The average molecular weight is 523 g/mol. The summed E-state index contributed by atoms with van der Waals surface area (Å²) in [6, 6.07) is 26.6. The average Bonchev–Trinajstić information content (AvgIpc) is 3.54. The van der Waals surface area contributed by atoms with Gasteiger partial charge in [0, 0.05) is 37.3 Å². The van der Waals surface area contributed by atoms with Crippen LogP contribution in [0.25, 0.3) is 5.57 Å². The fourth-order valence-corrected chi connectivity index (χ4v) is 6.68. The molecule has 6 rings (SSSR count). The number of hydrogen-bond acceptors (Lipinski definition) is 4. The number of hydrogen-bond donors (Lipinski definition) is 0. The zero-order chi connectivity index (χ0) is 26.8. The smallest absolute Gasteiger partial charge is 0.253 e. The van der Waals surface area contributed by atoms with Crippen molar-refractivity contribution in [2.45, 2.75) is 58.0 Å². The summed E-state index contributed by atoms with van der Waals surface area (Å²) >= 11 is 0. The van der Waals surface area contributed by atoms with Gasteiger partial charge in [0.25, 0.3) is 5.91 Å². The van der Waals surface area contributed by atoms with Crippen LogP contribution in [0.1, 0.15) is 66.6 Å². The van der Waals surface area contributed by atoms with E-state index < -0.39 is 0 Å². The Labute approximate surface area is 232 Å². The highest BCUT2D eigenvalue weighted by atomic mass is 16.7. The van der Waals surface area contributed by atoms with E-state index in [1.165, 1.54) is 35.1 Å². The number of rotatable bonds is 8. The SMILES string of the molecule is CCN(CC)C(=O)c1ccc(C(=C2CC3CCC(C2)N3CCc2ccc3c(c2)OCO3)c2ccccc2)cc1. The summed E-state index contributed by atoms with van der Waals surface area (Å²) in [5, 5.41) is 0. The molecule has 5 heteroatoms. The second-order valence-electron chi connectivity index (χ2n) is 10.9. The molecule has 0 aromatic heterocycles. The molecule has 0 N–H and O–H groups in total. The number of carbonyl (C=O) groups excluding carboxylic acids is 1. The van der Waals surface area contributed by atoms with Gasteiger partial charge < -0.3 is 14.4 Å². The van der Waals surface area contributed by atoms with Crippen molar-refractivity contribution < 1.29 is 14.3 Å². The van der Waals surface area contributed by atoms with Crippen LogP contribution < -0.4 is 9.47 Å². The van der Waals surface area contributed by atoms with Gasteiger partial charge in [-0.1, -0.05) is 54.1 Å². The van der Waals surface area contributed by atoms with Crippen molar-refractivity contribution >= 4 is 11.5 Å². The summed E-state index contributed by atoms with van der Waals surface area (Å²) in [5.74, 6) is 1.83. The zero-order valence-corrected chi connectivity index (χ0v) is 23.1. The molecule has 3 aromatic rings. The molecular formula is C34H38N2O3. The molecule has 3 aromatic carbocycles. The maximum atomic E-state index is 12.9. The minimum absolute atomic E-state index is 0.106. The molecule has 5 nitrogen and oxygen atoms in total. The van der Waals surface area contributed by atoms with Crippen LogP contribution in [-0.4, -0.2) is 54.2 Å². The molecule has 0 radical (unpaired) electrons. The van der Waals surface area contributed by atoms with Gasteiger partial charge in [0.2, 0.25) is 6.79 Å². The number of piperidine rings is 1. The Bertz CT molecular complexity index is 1330. The van der Waals surface area contributed by atoms with Crippen LogP contribution in [0.3, 0.4) is 0 Å². The number of amides is 1. The van der Waals surface area contributed by atoms with E-state index in [9.17, 15) is 4.79 Å². The van der Waals surface area contributed by atoms with Gasteiger partial charge in [-0.2, -0.15) is 0 Å². The molecule has 3 aliphatic rings. The highest BCUT2D eigenvalue weighted by Crippen LogP contribution is 2.43. The maximum absolute atomic E-state index is 12.9. The van der Waals surface area contributed by atoms with Crippen molar-refractivity contribution in [2.24, 2.45) is 0 Å². The summed E-state index contributed by atoms with van der Waals surface area (Å²) in [5.41, 5.74) is 7.45. The van der Waals surface area contributed by atoms with E-state index in [1.54, 1.807) is 5.57 Å². The number of benzene rings is 3. The normalized spacial score (nSPS) is 19.8. The third-order valence-corrected chi connectivity index (χ3v) is 8.72. The van der Waals surface area contributed by atoms with E-state index in [0.717, 1.165) is 56.0 Å². The lowest BCUT2D eigenvalue weighted by Gasteiger charge is -2.37. The summed E-state index contributed by atoms with van der Waals surface area (Å²) < 4.78 is 11.1. The fraction of sp³-hybridized carbons (Fsp3) is 0.382. The molecule has 1 amide bonds. The lowest BCUT2D eigenvalue weighted by atomic mass is 9.85. The van der Waals surface area contributed by atoms with Crippen molar-refractivity contribution in [3.8, 4) is 11.5 Å². The Morgan fingerprint density at radius 3 is 2.15 bits per heavy atom. The lowest BCUT2D eigenvalue weighted by molar-refractivity contribution is 0.0773. The second-order valence-corrected chi connectivity index (χ2v) is 10.9. The summed E-state index contributed by atoms with van der Waals surface area (Å²) in [6.45, 7) is 6.91. The first-order chi connectivity index (χ1) is 19.1. The Kier molecular flexibility index (Phi) is 7.43. The van der Waals surface area contributed by atoms with E-state index in [4.69, 9.17) is 9.47 Å². The number of fused-ring (bicyclic) bond motifs is 3.